The van der Waals surface area contributed by atoms with Gasteiger partial charge in [0.1, 0.15) is 5.76 Å². The Morgan fingerprint density at radius 1 is 1.21 bits per heavy atom. The smallest absolute Gasteiger partial charge is 0.254 e. The van der Waals surface area contributed by atoms with E-state index in [9.17, 15) is 4.79 Å². The normalized spacial score (nSPS) is 16.2. The second-order valence-corrected chi connectivity index (χ2v) is 6.60. The lowest BCUT2D eigenvalue weighted by molar-refractivity contribution is 0.0550. The van der Waals surface area contributed by atoms with Crippen molar-refractivity contribution < 1.29 is 9.21 Å². The third-order valence-corrected chi connectivity index (χ3v) is 4.91. The summed E-state index contributed by atoms with van der Waals surface area (Å²) in [7, 11) is 2.14. The van der Waals surface area contributed by atoms with Crippen LogP contribution in [0.25, 0.3) is 0 Å². The molecule has 3 rings (SSSR count). The van der Waals surface area contributed by atoms with Crippen molar-refractivity contribution in [1.29, 1.82) is 0 Å². The average molecular weight is 326 g/mol. The van der Waals surface area contributed by atoms with Crippen molar-refractivity contribution in [3.8, 4) is 0 Å². The molecule has 1 aromatic carbocycles. The number of hydrogen-bond donors (Lipinski definition) is 0. The minimum Gasteiger partial charge on any atom is -0.467 e. The Balaban J connectivity index is 1.80. The highest BCUT2D eigenvalue weighted by Gasteiger charge is 2.28. The first-order valence-electron chi connectivity index (χ1n) is 8.78. The largest absolute Gasteiger partial charge is 0.467 e. The highest BCUT2D eigenvalue weighted by molar-refractivity contribution is 5.94. The predicted octanol–water partition coefficient (Wildman–Crippen LogP) is 3.58. The van der Waals surface area contributed by atoms with Crippen LogP contribution in [0.4, 0.5) is 0 Å². The Labute approximate surface area is 144 Å². The number of piperidine rings is 1. The molecule has 4 heteroatoms. The SMILES string of the molecule is CCc1ccc(C(=O)N(Cc2ccco2)C2CCN(C)CC2)cc1. The van der Waals surface area contributed by atoms with Gasteiger partial charge in [0.15, 0.2) is 0 Å². The van der Waals surface area contributed by atoms with Gasteiger partial charge in [0.25, 0.3) is 5.91 Å². The Morgan fingerprint density at radius 3 is 2.50 bits per heavy atom. The fraction of sp³-hybridized carbons (Fsp3) is 0.450. The van der Waals surface area contributed by atoms with Crippen molar-refractivity contribution in [2.45, 2.75) is 38.8 Å². The molecular formula is C20H26N2O2. The molecule has 0 N–H and O–H groups in total. The van der Waals surface area contributed by atoms with Gasteiger partial charge in [-0.15, -0.1) is 0 Å². The number of carbonyl (C=O) groups is 1. The van der Waals surface area contributed by atoms with Gasteiger partial charge < -0.3 is 14.2 Å². The molecule has 0 atom stereocenters. The maximum absolute atomic E-state index is 13.1. The van der Waals surface area contributed by atoms with Gasteiger partial charge in [0, 0.05) is 11.6 Å². The van der Waals surface area contributed by atoms with Crippen molar-refractivity contribution in [2.24, 2.45) is 0 Å². The second-order valence-electron chi connectivity index (χ2n) is 6.60. The molecule has 0 bridgehead atoms. The summed E-state index contributed by atoms with van der Waals surface area (Å²) in [5.74, 6) is 0.941. The Bertz CT molecular complexity index is 641. The molecule has 24 heavy (non-hydrogen) atoms. The highest BCUT2D eigenvalue weighted by atomic mass is 16.3. The molecule has 0 spiro atoms. The van der Waals surface area contributed by atoms with E-state index < -0.39 is 0 Å². The van der Waals surface area contributed by atoms with Crippen LogP contribution in [0.15, 0.2) is 47.1 Å². The van der Waals surface area contributed by atoms with Crippen LogP contribution >= 0.6 is 0 Å². The number of benzene rings is 1. The number of rotatable bonds is 5. The Morgan fingerprint density at radius 2 is 1.92 bits per heavy atom. The summed E-state index contributed by atoms with van der Waals surface area (Å²) in [5.41, 5.74) is 2.01. The molecule has 2 heterocycles. The molecule has 4 nitrogen and oxygen atoms in total. The molecule has 1 aliphatic heterocycles. The van der Waals surface area contributed by atoms with Gasteiger partial charge in [-0.25, -0.2) is 0 Å². The molecule has 1 saturated heterocycles. The highest BCUT2D eigenvalue weighted by Crippen LogP contribution is 2.21. The first-order chi connectivity index (χ1) is 11.7. The zero-order valence-electron chi connectivity index (χ0n) is 14.6. The zero-order valence-corrected chi connectivity index (χ0v) is 14.6. The number of carbonyl (C=O) groups excluding carboxylic acids is 1. The summed E-state index contributed by atoms with van der Waals surface area (Å²) in [4.78, 5) is 17.4. The number of aryl methyl sites for hydroxylation is 1. The van der Waals surface area contributed by atoms with Crippen molar-refractivity contribution in [3.05, 3.63) is 59.5 Å². The van der Waals surface area contributed by atoms with Crippen LogP contribution in [0, 0.1) is 0 Å². The van der Waals surface area contributed by atoms with Crippen LogP contribution in [-0.4, -0.2) is 41.9 Å². The number of hydrogen-bond acceptors (Lipinski definition) is 3. The lowest BCUT2D eigenvalue weighted by Gasteiger charge is -2.37. The van der Waals surface area contributed by atoms with E-state index in [1.807, 2.05) is 41.3 Å². The Hall–Kier alpha value is -2.07. The molecule has 2 aromatic rings. The molecule has 1 fully saturated rings. The van der Waals surface area contributed by atoms with Crippen molar-refractivity contribution in [2.75, 3.05) is 20.1 Å². The number of likely N-dealkylation sites (tertiary alicyclic amines) is 1. The molecule has 1 aliphatic rings. The van der Waals surface area contributed by atoms with Gasteiger partial charge in [0.2, 0.25) is 0 Å². The molecule has 0 radical (unpaired) electrons. The second kappa shape index (κ2) is 7.67. The van der Waals surface area contributed by atoms with Crippen LogP contribution in [0.2, 0.25) is 0 Å². The lowest BCUT2D eigenvalue weighted by Crippen LogP contribution is -2.46. The van der Waals surface area contributed by atoms with E-state index in [1.54, 1.807) is 6.26 Å². The number of amides is 1. The lowest BCUT2D eigenvalue weighted by atomic mass is 10.0. The quantitative estimate of drug-likeness (QED) is 0.843. The van der Waals surface area contributed by atoms with Crippen molar-refractivity contribution in [3.63, 3.8) is 0 Å². The Kier molecular flexibility index (Phi) is 5.36. The van der Waals surface area contributed by atoms with E-state index in [0.717, 1.165) is 43.7 Å². The van der Waals surface area contributed by atoms with Crippen LogP contribution in [0.1, 0.15) is 41.4 Å². The fourth-order valence-electron chi connectivity index (χ4n) is 3.29. The minimum atomic E-state index is 0.101. The van der Waals surface area contributed by atoms with Gasteiger partial charge in [-0.05, 0) is 69.2 Å². The maximum Gasteiger partial charge on any atom is 0.254 e. The molecular weight excluding hydrogens is 300 g/mol. The molecule has 0 saturated carbocycles. The van der Waals surface area contributed by atoms with Crippen LogP contribution in [0.5, 0.6) is 0 Å². The number of nitrogens with zero attached hydrogens (tertiary/aromatic N) is 2. The van der Waals surface area contributed by atoms with Crippen molar-refractivity contribution >= 4 is 5.91 Å². The minimum absolute atomic E-state index is 0.101. The van der Waals surface area contributed by atoms with Crippen molar-refractivity contribution in [1.82, 2.24) is 9.80 Å². The summed E-state index contributed by atoms with van der Waals surface area (Å²) in [5, 5.41) is 0. The van der Waals surface area contributed by atoms with Gasteiger partial charge in [-0.1, -0.05) is 19.1 Å². The molecule has 1 aromatic heterocycles. The summed E-state index contributed by atoms with van der Waals surface area (Å²) in [6.07, 6.45) is 4.67. The maximum atomic E-state index is 13.1. The molecule has 128 valence electrons. The predicted molar refractivity (Wildman–Crippen MR) is 94.9 cm³/mol. The monoisotopic (exact) mass is 326 g/mol. The van der Waals surface area contributed by atoms with E-state index in [2.05, 4.69) is 18.9 Å². The van der Waals surface area contributed by atoms with E-state index in [4.69, 9.17) is 4.42 Å². The number of furan rings is 1. The third kappa shape index (κ3) is 3.88. The fourth-order valence-corrected chi connectivity index (χ4v) is 3.29. The van der Waals surface area contributed by atoms with E-state index in [0.29, 0.717) is 6.54 Å². The van der Waals surface area contributed by atoms with Gasteiger partial charge in [-0.3, -0.25) is 4.79 Å². The molecule has 0 aliphatic carbocycles. The zero-order chi connectivity index (χ0) is 16.9. The van der Waals surface area contributed by atoms with E-state index in [-0.39, 0.29) is 11.9 Å². The van der Waals surface area contributed by atoms with Gasteiger partial charge in [0.05, 0.1) is 12.8 Å². The first-order valence-corrected chi connectivity index (χ1v) is 8.78. The average Bonchev–Trinajstić information content (AvgIpc) is 3.13. The van der Waals surface area contributed by atoms with Gasteiger partial charge in [-0.2, -0.15) is 0 Å². The summed E-state index contributed by atoms with van der Waals surface area (Å²) >= 11 is 0. The first kappa shape index (κ1) is 16.8. The van der Waals surface area contributed by atoms with Crippen LogP contribution in [-0.2, 0) is 13.0 Å². The standard InChI is InChI=1S/C20H26N2O2/c1-3-16-6-8-17(9-7-16)20(23)22(15-19-5-4-14-24-19)18-10-12-21(2)13-11-18/h4-9,14,18H,3,10-13,15H2,1-2H3. The van der Waals surface area contributed by atoms with Crippen LogP contribution in [0.3, 0.4) is 0 Å². The van der Waals surface area contributed by atoms with Gasteiger partial charge >= 0.3 is 0 Å². The van der Waals surface area contributed by atoms with E-state index >= 15 is 0 Å². The molecule has 0 unspecified atom stereocenters. The topological polar surface area (TPSA) is 36.7 Å². The van der Waals surface area contributed by atoms with Crippen LogP contribution < -0.4 is 0 Å². The molecule has 1 amide bonds. The summed E-state index contributed by atoms with van der Waals surface area (Å²) < 4.78 is 5.49. The third-order valence-electron chi connectivity index (χ3n) is 4.91. The van der Waals surface area contributed by atoms with E-state index in [1.165, 1.54) is 5.56 Å². The summed E-state index contributed by atoms with van der Waals surface area (Å²) in [6.45, 7) is 4.72. The summed E-state index contributed by atoms with van der Waals surface area (Å²) in [6, 6.07) is 12.1.